The molecule has 1 rings (SSSR count). The van der Waals surface area contributed by atoms with Gasteiger partial charge in [0.05, 0.1) is 11.9 Å². The van der Waals surface area contributed by atoms with Gasteiger partial charge in [0.2, 0.25) is 0 Å². The zero-order chi connectivity index (χ0) is 12.8. The molecular formula is C11H15Br2N3O. The van der Waals surface area contributed by atoms with E-state index in [0.29, 0.717) is 23.2 Å². The maximum absolute atomic E-state index is 11.9. The van der Waals surface area contributed by atoms with Gasteiger partial charge in [-0.15, -0.1) is 0 Å². The molecule has 0 aliphatic carbocycles. The molecule has 0 aliphatic heterocycles. The van der Waals surface area contributed by atoms with Crippen LogP contribution < -0.4 is 10.9 Å². The molecule has 94 valence electrons. The van der Waals surface area contributed by atoms with Crippen LogP contribution in [-0.4, -0.2) is 16.3 Å². The summed E-state index contributed by atoms with van der Waals surface area (Å²) in [6, 6.07) is 0. The van der Waals surface area contributed by atoms with E-state index >= 15 is 0 Å². The second-order valence-corrected chi connectivity index (χ2v) is 5.54. The molecule has 0 spiro atoms. The summed E-state index contributed by atoms with van der Waals surface area (Å²) in [6.45, 7) is 7.00. The molecule has 0 fully saturated rings. The predicted octanol–water partition coefficient (Wildman–Crippen LogP) is 3.13. The van der Waals surface area contributed by atoms with Gasteiger partial charge in [0.15, 0.2) is 0 Å². The van der Waals surface area contributed by atoms with Crippen molar-refractivity contribution in [2.24, 2.45) is 0 Å². The minimum atomic E-state index is -0.108. The van der Waals surface area contributed by atoms with E-state index < -0.39 is 0 Å². The highest BCUT2D eigenvalue weighted by molar-refractivity contribution is 9.11. The fourth-order valence-electron chi connectivity index (χ4n) is 1.25. The van der Waals surface area contributed by atoms with E-state index in [2.05, 4.69) is 55.8 Å². The van der Waals surface area contributed by atoms with E-state index in [0.717, 1.165) is 17.3 Å². The summed E-state index contributed by atoms with van der Waals surface area (Å²) < 4.78 is 2.80. The lowest BCUT2D eigenvalue weighted by Gasteiger charge is -2.09. The van der Waals surface area contributed by atoms with Crippen molar-refractivity contribution in [3.63, 3.8) is 0 Å². The topological polar surface area (TPSA) is 46.9 Å². The van der Waals surface area contributed by atoms with Crippen molar-refractivity contribution in [3.05, 3.63) is 32.1 Å². The van der Waals surface area contributed by atoms with Gasteiger partial charge in [-0.25, -0.2) is 4.68 Å². The molecule has 0 radical (unpaired) electrons. The molecule has 1 aromatic rings. The molecule has 17 heavy (non-hydrogen) atoms. The fraction of sp³-hybridized carbons (Fsp3) is 0.455. The zero-order valence-electron chi connectivity index (χ0n) is 9.67. The number of rotatable bonds is 6. The van der Waals surface area contributed by atoms with Gasteiger partial charge in [-0.05, 0) is 22.4 Å². The number of anilines is 1. The number of unbranched alkanes of at least 4 members (excludes halogenated alkanes) is 1. The molecule has 0 bridgehead atoms. The predicted molar refractivity (Wildman–Crippen MR) is 77.7 cm³/mol. The Morgan fingerprint density at radius 2 is 2.35 bits per heavy atom. The summed E-state index contributed by atoms with van der Waals surface area (Å²) in [5.74, 6) is 0. The van der Waals surface area contributed by atoms with Crippen LogP contribution in [-0.2, 0) is 6.54 Å². The van der Waals surface area contributed by atoms with Crippen molar-refractivity contribution in [2.75, 3.05) is 11.9 Å². The summed E-state index contributed by atoms with van der Waals surface area (Å²) in [7, 11) is 0. The van der Waals surface area contributed by atoms with Gasteiger partial charge >= 0.3 is 0 Å². The van der Waals surface area contributed by atoms with Gasteiger partial charge in [-0.1, -0.05) is 35.9 Å². The Labute approximate surface area is 117 Å². The summed E-state index contributed by atoms with van der Waals surface area (Å²) >= 11 is 6.54. The molecule has 1 N–H and O–H groups in total. The van der Waals surface area contributed by atoms with Crippen molar-refractivity contribution in [1.29, 1.82) is 0 Å². The monoisotopic (exact) mass is 363 g/mol. The number of hydrogen-bond donors (Lipinski definition) is 1. The third-order valence-corrected chi connectivity index (χ3v) is 3.23. The maximum Gasteiger partial charge on any atom is 0.283 e. The Morgan fingerprint density at radius 1 is 1.65 bits per heavy atom. The highest BCUT2D eigenvalue weighted by Crippen LogP contribution is 2.17. The van der Waals surface area contributed by atoms with Gasteiger partial charge < -0.3 is 5.32 Å². The van der Waals surface area contributed by atoms with Crippen molar-refractivity contribution in [1.82, 2.24) is 9.78 Å². The average molecular weight is 365 g/mol. The van der Waals surface area contributed by atoms with E-state index in [9.17, 15) is 4.79 Å². The summed E-state index contributed by atoms with van der Waals surface area (Å²) in [6.07, 6.45) is 3.64. The molecule has 0 saturated carbocycles. The summed E-state index contributed by atoms with van der Waals surface area (Å²) in [5, 5.41) is 7.19. The molecular weight excluding hydrogens is 350 g/mol. The normalized spacial score (nSPS) is 10.3. The molecule has 0 saturated heterocycles. The lowest BCUT2D eigenvalue weighted by molar-refractivity contribution is 0.541. The molecule has 4 nitrogen and oxygen atoms in total. The van der Waals surface area contributed by atoms with Crippen molar-refractivity contribution >= 4 is 37.5 Å². The maximum atomic E-state index is 11.9. The smallest absolute Gasteiger partial charge is 0.283 e. The van der Waals surface area contributed by atoms with Crippen LogP contribution in [0.15, 0.2) is 26.5 Å². The standard InChI is InChI=1S/C11H15Br2N3O/c1-3-4-5-16-11(17)10(13)9(7-15-16)14-6-8(2)12/h7,14H,2-6H2,1H3. The quantitative estimate of drug-likeness (QED) is 0.843. The van der Waals surface area contributed by atoms with Crippen molar-refractivity contribution in [2.45, 2.75) is 26.3 Å². The van der Waals surface area contributed by atoms with E-state index in [1.54, 1.807) is 6.20 Å². The number of aromatic nitrogens is 2. The Balaban J connectivity index is 2.86. The fourth-order valence-corrected chi connectivity index (χ4v) is 1.83. The minimum Gasteiger partial charge on any atom is -0.378 e. The Kier molecular flexibility index (Phi) is 5.91. The van der Waals surface area contributed by atoms with E-state index in [-0.39, 0.29) is 5.56 Å². The van der Waals surface area contributed by atoms with Gasteiger partial charge in [0.25, 0.3) is 5.56 Å². The third kappa shape index (κ3) is 4.27. The van der Waals surface area contributed by atoms with Crippen LogP contribution in [0.4, 0.5) is 5.69 Å². The minimum absolute atomic E-state index is 0.108. The first kappa shape index (κ1) is 14.4. The van der Waals surface area contributed by atoms with Crippen LogP contribution in [0, 0.1) is 0 Å². The molecule has 0 aliphatic rings. The van der Waals surface area contributed by atoms with Gasteiger partial charge in [-0.2, -0.15) is 5.10 Å². The SMILES string of the molecule is C=C(Br)CNc1cnn(CCCC)c(=O)c1Br. The van der Waals surface area contributed by atoms with Crippen LogP contribution in [0.5, 0.6) is 0 Å². The largest absolute Gasteiger partial charge is 0.378 e. The molecule has 0 aromatic carbocycles. The highest BCUT2D eigenvalue weighted by atomic mass is 79.9. The van der Waals surface area contributed by atoms with Crippen LogP contribution in [0.2, 0.25) is 0 Å². The Bertz CT molecular complexity index is 457. The lowest BCUT2D eigenvalue weighted by Crippen LogP contribution is -2.24. The third-order valence-electron chi connectivity index (χ3n) is 2.18. The molecule has 1 heterocycles. The molecule has 6 heteroatoms. The zero-order valence-corrected chi connectivity index (χ0v) is 12.8. The van der Waals surface area contributed by atoms with Crippen LogP contribution in [0.25, 0.3) is 0 Å². The number of nitrogens with one attached hydrogen (secondary N) is 1. The lowest BCUT2D eigenvalue weighted by atomic mass is 10.3. The van der Waals surface area contributed by atoms with E-state index in [1.165, 1.54) is 4.68 Å². The number of halogens is 2. The first-order valence-electron chi connectivity index (χ1n) is 5.39. The van der Waals surface area contributed by atoms with E-state index in [1.807, 2.05) is 0 Å². The van der Waals surface area contributed by atoms with Crippen molar-refractivity contribution < 1.29 is 0 Å². The highest BCUT2D eigenvalue weighted by Gasteiger charge is 2.08. The van der Waals surface area contributed by atoms with Crippen LogP contribution >= 0.6 is 31.9 Å². The molecule has 0 unspecified atom stereocenters. The summed E-state index contributed by atoms with van der Waals surface area (Å²) in [4.78, 5) is 11.9. The number of nitrogens with zero attached hydrogens (tertiary/aromatic N) is 2. The van der Waals surface area contributed by atoms with Gasteiger partial charge in [0, 0.05) is 17.6 Å². The number of hydrogen-bond acceptors (Lipinski definition) is 3. The van der Waals surface area contributed by atoms with Crippen molar-refractivity contribution in [3.8, 4) is 0 Å². The van der Waals surface area contributed by atoms with Crippen LogP contribution in [0.1, 0.15) is 19.8 Å². The van der Waals surface area contributed by atoms with Gasteiger partial charge in [-0.3, -0.25) is 4.79 Å². The first-order chi connectivity index (χ1) is 8.06. The summed E-state index contributed by atoms with van der Waals surface area (Å²) in [5.41, 5.74) is 0.576. The molecule has 0 atom stereocenters. The Hall–Kier alpha value is -0.620. The van der Waals surface area contributed by atoms with Crippen LogP contribution in [0.3, 0.4) is 0 Å². The Morgan fingerprint density at radius 3 is 2.94 bits per heavy atom. The second kappa shape index (κ2) is 6.96. The van der Waals surface area contributed by atoms with E-state index in [4.69, 9.17) is 0 Å². The average Bonchev–Trinajstić information content (AvgIpc) is 2.29. The second-order valence-electron chi connectivity index (χ2n) is 3.62. The first-order valence-corrected chi connectivity index (χ1v) is 6.97. The number of aryl methyl sites for hydroxylation is 1. The molecule has 0 amide bonds. The molecule has 1 aromatic heterocycles. The van der Waals surface area contributed by atoms with Gasteiger partial charge in [0.1, 0.15) is 4.47 Å².